The molecule has 108 valence electrons. The van der Waals surface area contributed by atoms with Gasteiger partial charge in [-0.3, -0.25) is 0 Å². The Balaban J connectivity index is 2.16. The number of nitrogens with one attached hydrogen (secondary N) is 1. The van der Waals surface area contributed by atoms with Crippen LogP contribution in [0.4, 0.5) is 18.9 Å². The fourth-order valence-electron chi connectivity index (χ4n) is 1.79. The normalized spacial score (nSPS) is 11.6. The highest BCUT2D eigenvalue weighted by Gasteiger charge is 2.30. The number of halogens is 3. The van der Waals surface area contributed by atoms with Crippen LogP contribution in [-0.2, 0) is 12.6 Å². The number of aromatic nitrogens is 1. The van der Waals surface area contributed by atoms with Crippen molar-refractivity contribution in [3.05, 3.63) is 47.3 Å². The summed E-state index contributed by atoms with van der Waals surface area (Å²) >= 11 is 0. The average Bonchev–Trinajstić information content (AvgIpc) is 2.83. The second-order valence-corrected chi connectivity index (χ2v) is 4.25. The number of hydrogen-bond donors (Lipinski definition) is 2. The van der Waals surface area contributed by atoms with Crippen molar-refractivity contribution in [3.8, 4) is 0 Å². The SMILES string of the molecule is NCCNc1cnoc1Cc1cccc(C(F)(F)F)c1. The van der Waals surface area contributed by atoms with Crippen molar-refractivity contribution in [1.29, 1.82) is 0 Å². The summed E-state index contributed by atoms with van der Waals surface area (Å²) in [5.41, 5.74) is 5.85. The standard InChI is InChI=1S/C13H14F3N3O/c14-13(15,16)10-3-1-2-9(6-10)7-12-11(8-19-20-12)18-5-4-17/h1-3,6,8,18H,4-5,7,17H2. The van der Waals surface area contributed by atoms with Crippen LogP contribution in [0.15, 0.2) is 35.0 Å². The van der Waals surface area contributed by atoms with E-state index in [-0.39, 0.29) is 6.42 Å². The van der Waals surface area contributed by atoms with Crippen molar-refractivity contribution < 1.29 is 17.7 Å². The lowest BCUT2D eigenvalue weighted by molar-refractivity contribution is -0.137. The van der Waals surface area contributed by atoms with Gasteiger partial charge in [0.05, 0.1) is 17.4 Å². The Labute approximate surface area is 113 Å². The number of anilines is 1. The third-order valence-electron chi connectivity index (χ3n) is 2.72. The van der Waals surface area contributed by atoms with E-state index in [0.717, 1.165) is 12.1 Å². The van der Waals surface area contributed by atoms with Crippen molar-refractivity contribution in [2.45, 2.75) is 12.6 Å². The third-order valence-corrected chi connectivity index (χ3v) is 2.72. The number of hydrogen-bond acceptors (Lipinski definition) is 4. The summed E-state index contributed by atoms with van der Waals surface area (Å²) in [7, 11) is 0. The lowest BCUT2D eigenvalue weighted by Gasteiger charge is -2.08. The fourth-order valence-corrected chi connectivity index (χ4v) is 1.79. The molecule has 2 aromatic rings. The van der Waals surface area contributed by atoms with Crippen LogP contribution >= 0.6 is 0 Å². The first-order valence-electron chi connectivity index (χ1n) is 6.04. The Morgan fingerprint density at radius 1 is 1.30 bits per heavy atom. The molecule has 0 amide bonds. The highest BCUT2D eigenvalue weighted by Crippen LogP contribution is 2.30. The van der Waals surface area contributed by atoms with Crippen LogP contribution in [0.3, 0.4) is 0 Å². The minimum Gasteiger partial charge on any atom is -0.380 e. The topological polar surface area (TPSA) is 64.1 Å². The fraction of sp³-hybridized carbons (Fsp3) is 0.308. The average molecular weight is 285 g/mol. The first-order chi connectivity index (χ1) is 9.50. The van der Waals surface area contributed by atoms with E-state index in [4.69, 9.17) is 10.3 Å². The van der Waals surface area contributed by atoms with Crippen LogP contribution in [0, 0.1) is 0 Å². The molecule has 1 aromatic carbocycles. The molecular weight excluding hydrogens is 271 g/mol. The van der Waals surface area contributed by atoms with Gasteiger partial charge in [0, 0.05) is 19.5 Å². The number of nitrogens with zero attached hydrogens (tertiary/aromatic N) is 1. The Hall–Kier alpha value is -2.02. The molecule has 0 fully saturated rings. The first-order valence-corrected chi connectivity index (χ1v) is 6.04. The van der Waals surface area contributed by atoms with E-state index in [1.54, 1.807) is 6.07 Å². The molecule has 2 rings (SSSR count). The molecule has 3 N–H and O–H groups in total. The molecule has 20 heavy (non-hydrogen) atoms. The van der Waals surface area contributed by atoms with Gasteiger partial charge in [0.25, 0.3) is 0 Å². The Morgan fingerprint density at radius 2 is 2.10 bits per heavy atom. The highest BCUT2D eigenvalue weighted by atomic mass is 19.4. The molecule has 0 bridgehead atoms. The largest absolute Gasteiger partial charge is 0.416 e. The summed E-state index contributed by atoms with van der Waals surface area (Å²) in [6.45, 7) is 0.977. The van der Waals surface area contributed by atoms with E-state index in [0.29, 0.717) is 30.1 Å². The maximum absolute atomic E-state index is 12.6. The van der Waals surface area contributed by atoms with E-state index >= 15 is 0 Å². The van der Waals surface area contributed by atoms with Crippen LogP contribution in [0.1, 0.15) is 16.9 Å². The van der Waals surface area contributed by atoms with Gasteiger partial charge in [-0.15, -0.1) is 0 Å². The van der Waals surface area contributed by atoms with Crippen molar-refractivity contribution in [1.82, 2.24) is 5.16 Å². The van der Waals surface area contributed by atoms with Crippen LogP contribution in [0.5, 0.6) is 0 Å². The van der Waals surface area contributed by atoms with Gasteiger partial charge < -0.3 is 15.6 Å². The molecule has 0 saturated carbocycles. The minimum absolute atomic E-state index is 0.233. The van der Waals surface area contributed by atoms with E-state index in [9.17, 15) is 13.2 Å². The summed E-state index contributed by atoms with van der Waals surface area (Å²) in [5, 5.41) is 6.65. The zero-order valence-corrected chi connectivity index (χ0v) is 10.6. The summed E-state index contributed by atoms with van der Waals surface area (Å²) in [6.07, 6.45) is -2.63. The molecule has 0 saturated heterocycles. The molecular formula is C13H14F3N3O. The van der Waals surface area contributed by atoms with Crippen molar-refractivity contribution in [2.75, 3.05) is 18.4 Å². The van der Waals surface area contributed by atoms with Crippen molar-refractivity contribution in [2.24, 2.45) is 5.73 Å². The van der Waals surface area contributed by atoms with Gasteiger partial charge in [-0.25, -0.2) is 0 Å². The zero-order chi connectivity index (χ0) is 14.6. The van der Waals surface area contributed by atoms with Crippen LogP contribution in [0.2, 0.25) is 0 Å². The molecule has 7 heteroatoms. The number of alkyl halides is 3. The summed E-state index contributed by atoms with van der Waals surface area (Å²) in [5.74, 6) is 0.484. The Kier molecular flexibility index (Phi) is 4.29. The second-order valence-electron chi connectivity index (χ2n) is 4.25. The molecule has 0 aliphatic rings. The van der Waals surface area contributed by atoms with Gasteiger partial charge >= 0.3 is 6.18 Å². The molecule has 0 radical (unpaired) electrons. The van der Waals surface area contributed by atoms with Gasteiger partial charge in [-0.2, -0.15) is 13.2 Å². The number of nitrogens with two attached hydrogens (primary N) is 1. The van der Waals surface area contributed by atoms with E-state index < -0.39 is 11.7 Å². The molecule has 0 spiro atoms. The monoisotopic (exact) mass is 285 g/mol. The van der Waals surface area contributed by atoms with E-state index in [2.05, 4.69) is 10.5 Å². The molecule has 1 heterocycles. The maximum atomic E-state index is 12.6. The lowest BCUT2D eigenvalue weighted by atomic mass is 10.1. The maximum Gasteiger partial charge on any atom is 0.416 e. The zero-order valence-electron chi connectivity index (χ0n) is 10.6. The quantitative estimate of drug-likeness (QED) is 0.886. The smallest absolute Gasteiger partial charge is 0.380 e. The predicted octanol–water partition coefficient (Wildman–Crippen LogP) is 2.65. The molecule has 0 aliphatic heterocycles. The van der Waals surface area contributed by atoms with Gasteiger partial charge in [-0.1, -0.05) is 23.4 Å². The van der Waals surface area contributed by atoms with Gasteiger partial charge in [0.1, 0.15) is 0 Å². The summed E-state index contributed by atoms with van der Waals surface area (Å²) in [6, 6.07) is 5.14. The third kappa shape index (κ3) is 3.51. The van der Waals surface area contributed by atoms with E-state index in [1.807, 2.05) is 0 Å². The molecule has 0 unspecified atom stereocenters. The summed E-state index contributed by atoms with van der Waals surface area (Å²) in [4.78, 5) is 0. The van der Waals surface area contributed by atoms with Crippen LogP contribution < -0.4 is 11.1 Å². The lowest BCUT2D eigenvalue weighted by Crippen LogP contribution is -2.13. The predicted molar refractivity (Wildman–Crippen MR) is 68.3 cm³/mol. The first kappa shape index (κ1) is 14.4. The molecule has 0 atom stereocenters. The van der Waals surface area contributed by atoms with Gasteiger partial charge in [0.2, 0.25) is 0 Å². The van der Waals surface area contributed by atoms with Crippen LogP contribution in [0.25, 0.3) is 0 Å². The summed E-state index contributed by atoms with van der Waals surface area (Å²) < 4.78 is 42.9. The van der Waals surface area contributed by atoms with Gasteiger partial charge in [-0.05, 0) is 11.6 Å². The minimum atomic E-state index is -4.35. The van der Waals surface area contributed by atoms with E-state index in [1.165, 1.54) is 12.3 Å². The van der Waals surface area contributed by atoms with Crippen molar-refractivity contribution in [3.63, 3.8) is 0 Å². The van der Waals surface area contributed by atoms with Crippen molar-refractivity contribution >= 4 is 5.69 Å². The molecule has 0 aliphatic carbocycles. The highest BCUT2D eigenvalue weighted by molar-refractivity contribution is 5.46. The number of benzene rings is 1. The Bertz CT molecular complexity index is 566. The molecule has 4 nitrogen and oxygen atoms in total. The van der Waals surface area contributed by atoms with Crippen LogP contribution in [-0.4, -0.2) is 18.2 Å². The number of rotatable bonds is 5. The van der Waals surface area contributed by atoms with Gasteiger partial charge in [0.15, 0.2) is 5.76 Å². The molecule has 1 aromatic heterocycles. The Morgan fingerprint density at radius 3 is 2.80 bits per heavy atom. The second kappa shape index (κ2) is 5.96.